The number of piperidine rings is 1. The van der Waals surface area contributed by atoms with E-state index in [4.69, 9.17) is 11.6 Å². The fraction of sp³-hybridized carbons (Fsp3) is 0.562. The van der Waals surface area contributed by atoms with Gasteiger partial charge < -0.3 is 10.6 Å². The lowest BCUT2D eigenvalue weighted by molar-refractivity contribution is -0.124. The van der Waals surface area contributed by atoms with Crippen LogP contribution in [0.1, 0.15) is 44.7 Å². The minimum absolute atomic E-state index is 0.0231. The van der Waals surface area contributed by atoms with Gasteiger partial charge in [-0.15, -0.1) is 0 Å². The van der Waals surface area contributed by atoms with Crippen LogP contribution in [0.5, 0.6) is 0 Å². The summed E-state index contributed by atoms with van der Waals surface area (Å²) in [6, 6.07) is 7.55. The minimum Gasteiger partial charge on any atom is -0.348 e. The molecule has 1 amide bonds. The molecule has 0 spiro atoms. The monoisotopic (exact) mass is 294 g/mol. The highest BCUT2D eigenvalue weighted by Crippen LogP contribution is 2.21. The summed E-state index contributed by atoms with van der Waals surface area (Å²) in [5.74, 6) is 0.754. The number of nitrogens with one attached hydrogen (secondary N) is 2. The van der Waals surface area contributed by atoms with E-state index in [0.29, 0.717) is 10.9 Å². The van der Waals surface area contributed by atoms with Gasteiger partial charge in [-0.25, -0.2) is 0 Å². The van der Waals surface area contributed by atoms with Gasteiger partial charge in [-0.3, -0.25) is 4.79 Å². The Morgan fingerprint density at radius 1 is 1.55 bits per heavy atom. The maximum atomic E-state index is 12.3. The van der Waals surface area contributed by atoms with Crippen molar-refractivity contribution in [2.75, 3.05) is 6.54 Å². The van der Waals surface area contributed by atoms with Gasteiger partial charge in [-0.05, 0) is 49.9 Å². The lowest BCUT2D eigenvalue weighted by atomic mass is 9.90. The molecule has 3 atom stereocenters. The Bertz CT molecular complexity index is 464. The molecule has 1 aromatic rings. The summed E-state index contributed by atoms with van der Waals surface area (Å²) in [7, 11) is 0. The first-order chi connectivity index (χ1) is 9.60. The van der Waals surface area contributed by atoms with Gasteiger partial charge in [0.05, 0.1) is 12.1 Å². The molecule has 4 heteroatoms. The molecule has 0 aromatic heterocycles. The molecule has 3 unspecified atom stereocenters. The van der Waals surface area contributed by atoms with Crippen LogP contribution >= 0.6 is 11.6 Å². The number of benzene rings is 1. The summed E-state index contributed by atoms with van der Waals surface area (Å²) >= 11 is 5.99. The van der Waals surface area contributed by atoms with E-state index in [1.807, 2.05) is 31.2 Å². The van der Waals surface area contributed by atoms with Gasteiger partial charge in [0.25, 0.3) is 0 Å². The van der Waals surface area contributed by atoms with Crippen molar-refractivity contribution in [1.29, 1.82) is 0 Å². The zero-order valence-electron chi connectivity index (χ0n) is 12.2. The molecule has 2 rings (SSSR count). The fourth-order valence-corrected chi connectivity index (χ4v) is 2.94. The van der Waals surface area contributed by atoms with Crippen LogP contribution in [0.2, 0.25) is 5.02 Å². The van der Waals surface area contributed by atoms with E-state index in [1.165, 1.54) is 6.42 Å². The van der Waals surface area contributed by atoms with E-state index in [-0.39, 0.29) is 18.0 Å². The SMILES string of the molecule is CCC1CCNC(C(=O)NC(C)c2cccc(Cl)c2)C1. The third-order valence-electron chi connectivity index (χ3n) is 4.11. The van der Waals surface area contributed by atoms with E-state index in [9.17, 15) is 4.79 Å². The van der Waals surface area contributed by atoms with E-state index in [2.05, 4.69) is 17.6 Å². The Kier molecular flexibility index (Phi) is 5.44. The topological polar surface area (TPSA) is 41.1 Å². The summed E-state index contributed by atoms with van der Waals surface area (Å²) in [6.07, 6.45) is 3.25. The molecular weight excluding hydrogens is 272 g/mol. The van der Waals surface area contributed by atoms with Crippen LogP contribution in [0, 0.1) is 5.92 Å². The van der Waals surface area contributed by atoms with Crippen molar-refractivity contribution in [3.05, 3.63) is 34.9 Å². The zero-order chi connectivity index (χ0) is 14.5. The van der Waals surface area contributed by atoms with Crippen LogP contribution in [0.15, 0.2) is 24.3 Å². The average Bonchev–Trinajstić information content (AvgIpc) is 2.47. The molecule has 0 aliphatic carbocycles. The molecule has 0 bridgehead atoms. The maximum absolute atomic E-state index is 12.3. The number of amides is 1. The van der Waals surface area contributed by atoms with Gasteiger partial charge >= 0.3 is 0 Å². The first-order valence-corrected chi connectivity index (χ1v) is 7.77. The molecule has 1 aromatic carbocycles. The highest BCUT2D eigenvalue weighted by atomic mass is 35.5. The number of rotatable bonds is 4. The van der Waals surface area contributed by atoms with Gasteiger partial charge in [0.2, 0.25) is 5.91 Å². The minimum atomic E-state index is -0.0599. The Morgan fingerprint density at radius 3 is 3.05 bits per heavy atom. The second-order valence-electron chi connectivity index (χ2n) is 5.59. The lowest BCUT2D eigenvalue weighted by Crippen LogP contribution is -2.49. The first kappa shape index (κ1) is 15.3. The standard InChI is InChI=1S/C16H23ClN2O/c1-3-12-7-8-18-15(9-12)16(20)19-11(2)13-5-4-6-14(17)10-13/h4-6,10-12,15,18H,3,7-9H2,1-2H3,(H,19,20). The molecule has 20 heavy (non-hydrogen) atoms. The Hall–Kier alpha value is -1.06. The van der Waals surface area contributed by atoms with Crippen molar-refractivity contribution < 1.29 is 4.79 Å². The van der Waals surface area contributed by atoms with Crippen molar-refractivity contribution in [3.63, 3.8) is 0 Å². The number of carbonyl (C=O) groups excluding carboxylic acids is 1. The largest absolute Gasteiger partial charge is 0.348 e. The number of hydrogen-bond acceptors (Lipinski definition) is 2. The highest BCUT2D eigenvalue weighted by molar-refractivity contribution is 6.30. The molecular formula is C16H23ClN2O. The van der Waals surface area contributed by atoms with Crippen molar-refractivity contribution in [1.82, 2.24) is 10.6 Å². The lowest BCUT2D eigenvalue weighted by Gasteiger charge is -2.29. The average molecular weight is 295 g/mol. The predicted octanol–water partition coefficient (Wildman–Crippen LogP) is 3.30. The second kappa shape index (κ2) is 7.09. The van der Waals surface area contributed by atoms with Gasteiger partial charge in [-0.1, -0.05) is 37.1 Å². The molecule has 0 saturated carbocycles. The van der Waals surface area contributed by atoms with Gasteiger partial charge in [0, 0.05) is 5.02 Å². The summed E-state index contributed by atoms with van der Waals surface area (Å²) in [5, 5.41) is 7.09. The maximum Gasteiger partial charge on any atom is 0.237 e. The van der Waals surface area contributed by atoms with Gasteiger partial charge in [0.15, 0.2) is 0 Å². The summed E-state index contributed by atoms with van der Waals surface area (Å²) in [6.45, 7) is 5.12. The van der Waals surface area contributed by atoms with Crippen molar-refractivity contribution >= 4 is 17.5 Å². The van der Waals surface area contributed by atoms with Crippen molar-refractivity contribution in [2.24, 2.45) is 5.92 Å². The summed E-state index contributed by atoms with van der Waals surface area (Å²) < 4.78 is 0. The quantitative estimate of drug-likeness (QED) is 0.894. The van der Waals surface area contributed by atoms with Crippen LogP contribution in [-0.2, 0) is 4.79 Å². The molecule has 3 nitrogen and oxygen atoms in total. The number of hydrogen-bond donors (Lipinski definition) is 2. The Labute approximate surface area is 126 Å². The van der Waals surface area contributed by atoms with Crippen LogP contribution in [0.4, 0.5) is 0 Å². The summed E-state index contributed by atoms with van der Waals surface area (Å²) in [4.78, 5) is 12.3. The van der Waals surface area contributed by atoms with E-state index >= 15 is 0 Å². The molecule has 1 saturated heterocycles. The number of halogens is 1. The van der Waals surface area contributed by atoms with E-state index in [1.54, 1.807) is 0 Å². The second-order valence-corrected chi connectivity index (χ2v) is 6.03. The first-order valence-electron chi connectivity index (χ1n) is 7.39. The van der Waals surface area contributed by atoms with Crippen molar-refractivity contribution in [2.45, 2.75) is 45.2 Å². The van der Waals surface area contributed by atoms with E-state index in [0.717, 1.165) is 24.9 Å². The highest BCUT2D eigenvalue weighted by Gasteiger charge is 2.26. The summed E-state index contributed by atoms with van der Waals surface area (Å²) in [5.41, 5.74) is 1.04. The Morgan fingerprint density at radius 2 is 2.35 bits per heavy atom. The molecule has 1 fully saturated rings. The predicted molar refractivity (Wildman–Crippen MR) is 82.8 cm³/mol. The van der Waals surface area contributed by atoms with Crippen LogP contribution in [-0.4, -0.2) is 18.5 Å². The fourth-order valence-electron chi connectivity index (χ4n) is 2.74. The van der Waals surface area contributed by atoms with Gasteiger partial charge in [-0.2, -0.15) is 0 Å². The van der Waals surface area contributed by atoms with Crippen LogP contribution in [0.25, 0.3) is 0 Å². The molecule has 1 heterocycles. The van der Waals surface area contributed by atoms with Crippen LogP contribution < -0.4 is 10.6 Å². The van der Waals surface area contributed by atoms with Crippen molar-refractivity contribution in [3.8, 4) is 0 Å². The smallest absolute Gasteiger partial charge is 0.237 e. The third kappa shape index (κ3) is 3.97. The van der Waals surface area contributed by atoms with Gasteiger partial charge in [0.1, 0.15) is 0 Å². The zero-order valence-corrected chi connectivity index (χ0v) is 12.9. The molecule has 2 N–H and O–H groups in total. The molecule has 1 aliphatic heterocycles. The number of carbonyl (C=O) groups is 1. The van der Waals surface area contributed by atoms with Crippen LogP contribution in [0.3, 0.4) is 0 Å². The molecule has 110 valence electrons. The third-order valence-corrected chi connectivity index (χ3v) is 4.35. The normalized spacial score (nSPS) is 24.1. The molecule has 1 aliphatic rings. The molecule has 0 radical (unpaired) electrons. The Balaban J connectivity index is 1.93. The van der Waals surface area contributed by atoms with E-state index < -0.39 is 0 Å².